The quantitative estimate of drug-likeness (QED) is 0.666. The van der Waals surface area contributed by atoms with Gasteiger partial charge in [-0.3, -0.25) is 0 Å². The van der Waals surface area contributed by atoms with Crippen LogP contribution in [0.5, 0.6) is 11.5 Å². The van der Waals surface area contributed by atoms with Gasteiger partial charge in [0, 0.05) is 5.56 Å². The molecule has 2 rings (SSSR count). The van der Waals surface area contributed by atoms with Gasteiger partial charge in [-0.2, -0.15) is 0 Å². The van der Waals surface area contributed by atoms with Crippen LogP contribution >= 0.6 is 0 Å². The van der Waals surface area contributed by atoms with Crippen LogP contribution in [-0.2, 0) is 9.47 Å². The molecule has 0 fully saturated rings. The van der Waals surface area contributed by atoms with Crippen LogP contribution in [0.2, 0.25) is 0 Å². The first kappa shape index (κ1) is 23.1. The second-order valence-electron chi connectivity index (χ2n) is 7.39. The van der Waals surface area contributed by atoms with Crippen LogP contribution in [0.4, 0.5) is 4.79 Å². The van der Waals surface area contributed by atoms with E-state index in [1.165, 1.54) is 7.11 Å². The zero-order valence-electron chi connectivity index (χ0n) is 18.3. The number of ether oxygens (including phenoxy) is 4. The SMILES string of the molecule is CCOc1cc(-c2nc(C(=O)OC)c(C(C)NC(=O)OC(C)(C)C)o2)ccc1OC. The van der Waals surface area contributed by atoms with Crippen LogP contribution in [0.15, 0.2) is 22.6 Å². The highest BCUT2D eigenvalue weighted by molar-refractivity contribution is 5.89. The summed E-state index contributed by atoms with van der Waals surface area (Å²) in [5.74, 6) is 0.706. The van der Waals surface area contributed by atoms with Crippen LogP contribution < -0.4 is 14.8 Å². The Hall–Kier alpha value is -3.23. The van der Waals surface area contributed by atoms with E-state index in [1.54, 1.807) is 53.0 Å². The lowest BCUT2D eigenvalue weighted by Crippen LogP contribution is -2.34. The molecule has 1 aromatic heterocycles. The molecule has 1 N–H and O–H groups in total. The van der Waals surface area contributed by atoms with E-state index in [9.17, 15) is 9.59 Å². The van der Waals surface area contributed by atoms with E-state index < -0.39 is 23.7 Å². The number of aromatic nitrogens is 1. The van der Waals surface area contributed by atoms with Crippen molar-refractivity contribution in [2.75, 3.05) is 20.8 Å². The summed E-state index contributed by atoms with van der Waals surface area (Å²) in [5, 5.41) is 2.64. The molecule has 9 heteroatoms. The number of nitrogens with one attached hydrogen (secondary N) is 1. The fourth-order valence-corrected chi connectivity index (χ4v) is 2.62. The summed E-state index contributed by atoms with van der Waals surface area (Å²) in [4.78, 5) is 28.6. The van der Waals surface area contributed by atoms with Crippen LogP contribution in [0.25, 0.3) is 11.5 Å². The molecule has 1 amide bonds. The van der Waals surface area contributed by atoms with Crippen molar-refractivity contribution in [3.63, 3.8) is 0 Å². The number of rotatable bonds is 7. The lowest BCUT2D eigenvalue weighted by molar-refractivity contribution is 0.0495. The summed E-state index contributed by atoms with van der Waals surface area (Å²) in [6, 6.07) is 4.44. The summed E-state index contributed by atoms with van der Waals surface area (Å²) in [7, 11) is 2.78. The Labute approximate surface area is 175 Å². The molecular formula is C21H28N2O7. The average molecular weight is 420 g/mol. The third-order valence-corrected chi connectivity index (χ3v) is 3.87. The standard InChI is InChI=1S/C21H28N2O7/c1-8-28-15-11-13(9-10-14(15)26-6)18-23-16(19(24)27-7)17(29-18)12(2)22-20(25)30-21(3,4)5/h9-12H,8H2,1-7H3,(H,22,25). The molecule has 164 valence electrons. The Kier molecular flexibility index (Phi) is 7.31. The van der Waals surface area contributed by atoms with Gasteiger partial charge >= 0.3 is 12.1 Å². The monoisotopic (exact) mass is 420 g/mol. The Morgan fingerprint density at radius 3 is 2.47 bits per heavy atom. The van der Waals surface area contributed by atoms with Crippen LogP contribution in [0.1, 0.15) is 56.9 Å². The van der Waals surface area contributed by atoms with Crippen molar-refractivity contribution in [1.82, 2.24) is 10.3 Å². The van der Waals surface area contributed by atoms with Gasteiger partial charge in [0.25, 0.3) is 0 Å². The maximum absolute atomic E-state index is 12.2. The molecule has 0 aliphatic rings. The molecule has 0 saturated heterocycles. The molecule has 1 unspecified atom stereocenters. The molecule has 0 aliphatic carbocycles. The van der Waals surface area contributed by atoms with Gasteiger partial charge in [0.2, 0.25) is 5.89 Å². The summed E-state index contributed by atoms with van der Waals surface area (Å²) >= 11 is 0. The molecule has 2 aromatic rings. The van der Waals surface area contributed by atoms with Gasteiger partial charge in [0.05, 0.1) is 26.9 Å². The van der Waals surface area contributed by atoms with E-state index in [1.807, 2.05) is 6.92 Å². The zero-order valence-corrected chi connectivity index (χ0v) is 18.3. The van der Waals surface area contributed by atoms with Crippen molar-refractivity contribution >= 4 is 12.1 Å². The molecule has 0 spiro atoms. The number of hydrogen-bond donors (Lipinski definition) is 1. The van der Waals surface area contributed by atoms with Crippen molar-refractivity contribution in [1.29, 1.82) is 0 Å². The molecule has 1 aromatic carbocycles. The second-order valence-corrected chi connectivity index (χ2v) is 7.39. The topological polar surface area (TPSA) is 109 Å². The van der Waals surface area contributed by atoms with Gasteiger partial charge in [-0.25, -0.2) is 14.6 Å². The molecule has 0 aliphatic heterocycles. The predicted octanol–water partition coefficient (Wildman–Crippen LogP) is 4.12. The van der Waals surface area contributed by atoms with E-state index >= 15 is 0 Å². The minimum atomic E-state index is -0.695. The first-order valence-electron chi connectivity index (χ1n) is 9.49. The number of benzene rings is 1. The van der Waals surface area contributed by atoms with Crippen molar-refractivity contribution in [2.45, 2.75) is 46.3 Å². The number of carbonyl (C=O) groups excluding carboxylic acids is 2. The Bertz CT molecular complexity index is 899. The Balaban J connectivity index is 2.40. The highest BCUT2D eigenvalue weighted by atomic mass is 16.6. The first-order valence-corrected chi connectivity index (χ1v) is 9.49. The lowest BCUT2D eigenvalue weighted by Gasteiger charge is -2.21. The number of esters is 1. The number of hydrogen-bond acceptors (Lipinski definition) is 8. The van der Waals surface area contributed by atoms with E-state index in [0.29, 0.717) is 23.7 Å². The fraction of sp³-hybridized carbons (Fsp3) is 0.476. The third kappa shape index (κ3) is 5.65. The minimum Gasteiger partial charge on any atom is -0.493 e. The molecule has 1 atom stereocenters. The Morgan fingerprint density at radius 2 is 1.90 bits per heavy atom. The molecule has 0 bridgehead atoms. The number of carbonyl (C=O) groups is 2. The van der Waals surface area contributed by atoms with E-state index in [2.05, 4.69) is 10.3 Å². The normalized spacial score (nSPS) is 12.1. The van der Waals surface area contributed by atoms with E-state index in [-0.39, 0.29) is 17.3 Å². The smallest absolute Gasteiger partial charge is 0.408 e. The van der Waals surface area contributed by atoms with E-state index in [4.69, 9.17) is 23.4 Å². The highest BCUT2D eigenvalue weighted by Gasteiger charge is 2.28. The Morgan fingerprint density at radius 1 is 1.20 bits per heavy atom. The molecule has 9 nitrogen and oxygen atoms in total. The zero-order chi connectivity index (χ0) is 22.5. The third-order valence-electron chi connectivity index (χ3n) is 3.87. The summed E-state index contributed by atoms with van der Waals surface area (Å²) in [6.45, 7) is 9.21. The van der Waals surface area contributed by atoms with Gasteiger partial charge in [0.15, 0.2) is 23.0 Å². The van der Waals surface area contributed by atoms with Crippen molar-refractivity contribution in [3.8, 4) is 23.0 Å². The van der Waals surface area contributed by atoms with Crippen LogP contribution in [0, 0.1) is 0 Å². The van der Waals surface area contributed by atoms with Crippen molar-refractivity contribution < 1.29 is 33.0 Å². The molecule has 0 radical (unpaired) electrons. The fourth-order valence-electron chi connectivity index (χ4n) is 2.62. The van der Waals surface area contributed by atoms with Gasteiger partial charge in [-0.15, -0.1) is 0 Å². The predicted molar refractivity (Wildman–Crippen MR) is 109 cm³/mol. The largest absolute Gasteiger partial charge is 0.493 e. The number of oxazole rings is 1. The first-order chi connectivity index (χ1) is 14.1. The summed E-state index contributed by atoms with van der Waals surface area (Å²) < 4.78 is 26.8. The van der Waals surface area contributed by atoms with Crippen LogP contribution in [-0.4, -0.2) is 43.5 Å². The number of amides is 1. The van der Waals surface area contributed by atoms with Crippen LogP contribution in [0.3, 0.4) is 0 Å². The van der Waals surface area contributed by atoms with E-state index in [0.717, 1.165) is 0 Å². The highest BCUT2D eigenvalue weighted by Crippen LogP contribution is 2.34. The minimum absolute atomic E-state index is 0.0372. The summed E-state index contributed by atoms with van der Waals surface area (Å²) in [5.41, 5.74) is -0.134. The van der Waals surface area contributed by atoms with Gasteiger partial charge in [-0.05, 0) is 52.8 Å². The number of nitrogens with zero attached hydrogens (tertiary/aromatic N) is 1. The molecular weight excluding hydrogens is 392 g/mol. The maximum atomic E-state index is 12.2. The number of methoxy groups -OCH3 is 2. The summed E-state index contributed by atoms with van der Waals surface area (Å²) in [6.07, 6.45) is -0.646. The van der Waals surface area contributed by atoms with Crippen molar-refractivity contribution in [3.05, 3.63) is 29.7 Å². The lowest BCUT2D eigenvalue weighted by atomic mass is 10.2. The number of alkyl carbamates (subject to hydrolysis) is 1. The average Bonchev–Trinajstić information content (AvgIpc) is 3.11. The molecule has 1 heterocycles. The molecule has 30 heavy (non-hydrogen) atoms. The second kappa shape index (κ2) is 9.51. The van der Waals surface area contributed by atoms with Gasteiger partial charge in [-0.1, -0.05) is 0 Å². The molecule has 0 saturated carbocycles. The van der Waals surface area contributed by atoms with Gasteiger partial charge in [0.1, 0.15) is 5.60 Å². The van der Waals surface area contributed by atoms with Gasteiger partial charge < -0.3 is 28.7 Å². The van der Waals surface area contributed by atoms with Crippen molar-refractivity contribution in [2.24, 2.45) is 0 Å². The maximum Gasteiger partial charge on any atom is 0.408 e.